The van der Waals surface area contributed by atoms with Crippen LogP contribution in [0.3, 0.4) is 0 Å². The molecule has 1 aliphatic heterocycles. The topological polar surface area (TPSA) is 133 Å². The van der Waals surface area contributed by atoms with Crippen LogP contribution in [0.1, 0.15) is 33.1 Å². The molecular formula is C14H25N3O5. The van der Waals surface area contributed by atoms with Gasteiger partial charge in [0.25, 0.3) is 0 Å². The van der Waals surface area contributed by atoms with E-state index in [0.29, 0.717) is 25.8 Å². The van der Waals surface area contributed by atoms with Gasteiger partial charge in [-0.3, -0.25) is 9.59 Å². The van der Waals surface area contributed by atoms with E-state index >= 15 is 0 Å². The summed E-state index contributed by atoms with van der Waals surface area (Å²) in [5.41, 5.74) is 5.45. The Morgan fingerprint density at radius 1 is 1.41 bits per heavy atom. The summed E-state index contributed by atoms with van der Waals surface area (Å²) in [6.45, 7) is 3.53. The fourth-order valence-corrected chi connectivity index (χ4v) is 2.49. The Kier molecular flexibility index (Phi) is 6.76. The van der Waals surface area contributed by atoms with E-state index in [1.165, 1.54) is 4.90 Å². The average Bonchev–Trinajstić information content (AvgIpc) is 2.99. The number of rotatable bonds is 7. The number of carbonyl (C=O) groups excluding carboxylic acids is 2. The van der Waals surface area contributed by atoms with Crippen LogP contribution < -0.4 is 11.1 Å². The second kappa shape index (κ2) is 8.09. The van der Waals surface area contributed by atoms with Crippen LogP contribution in [-0.4, -0.2) is 64.2 Å². The van der Waals surface area contributed by atoms with E-state index in [2.05, 4.69) is 5.32 Å². The largest absolute Gasteiger partial charge is 0.480 e. The standard InChI is InChI=1S/C14H25N3O5/c1-3-8(2)11(16-12(19)9(15)7-18)13(20)17-6-4-5-10(17)14(21)22/h8-11,18H,3-7,15H2,1-2H3,(H,16,19)(H,21,22)/t8-,9-,10+,11-/m0/s1. The van der Waals surface area contributed by atoms with Crippen molar-refractivity contribution >= 4 is 17.8 Å². The molecule has 5 N–H and O–H groups in total. The van der Waals surface area contributed by atoms with Gasteiger partial charge in [0.05, 0.1) is 6.61 Å². The molecule has 2 amide bonds. The minimum Gasteiger partial charge on any atom is -0.480 e. The van der Waals surface area contributed by atoms with Gasteiger partial charge >= 0.3 is 5.97 Å². The van der Waals surface area contributed by atoms with Gasteiger partial charge in [-0.1, -0.05) is 20.3 Å². The highest BCUT2D eigenvalue weighted by Gasteiger charge is 2.39. The van der Waals surface area contributed by atoms with Crippen LogP contribution in [0.4, 0.5) is 0 Å². The van der Waals surface area contributed by atoms with E-state index in [4.69, 9.17) is 10.8 Å². The lowest BCUT2D eigenvalue weighted by atomic mass is 9.97. The molecule has 0 aromatic heterocycles. The van der Waals surface area contributed by atoms with Gasteiger partial charge in [0, 0.05) is 6.54 Å². The smallest absolute Gasteiger partial charge is 0.326 e. The first-order chi connectivity index (χ1) is 10.3. The van der Waals surface area contributed by atoms with Crippen LogP contribution in [0.5, 0.6) is 0 Å². The van der Waals surface area contributed by atoms with Gasteiger partial charge in [0.1, 0.15) is 18.1 Å². The maximum atomic E-state index is 12.7. The number of nitrogens with zero attached hydrogens (tertiary/aromatic N) is 1. The molecule has 0 bridgehead atoms. The van der Waals surface area contributed by atoms with Crippen molar-refractivity contribution in [3.05, 3.63) is 0 Å². The van der Waals surface area contributed by atoms with Crippen molar-refractivity contribution in [3.8, 4) is 0 Å². The number of hydrogen-bond donors (Lipinski definition) is 4. The molecule has 0 aromatic carbocycles. The average molecular weight is 315 g/mol. The second-order valence-corrected chi connectivity index (χ2v) is 5.69. The fourth-order valence-electron chi connectivity index (χ4n) is 2.49. The molecule has 1 heterocycles. The molecule has 1 saturated heterocycles. The molecular weight excluding hydrogens is 290 g/mol. The molecule has 8 nitrogen and oxygen atoms in total. The first-order valence-electron chi connectivity index (χ1n) is 7.53. The fraction of sp³-hybridized carbons (Fsp3) is 0.786. The number of aliphatic hydroxyl groups excluding tert-OH is 1. The third kappa shape index (κ3) is 4.17. The van der Waals surface area contributed by atoms with E-state index in [0.717, 1.165) is 0 Å². The molecule has 0 radical (unpaired) electrons. The first-order valence-corrected chi connectivity index (χ1v) is 7.53. The van der Waals surface area contributed by atoms with Crippen LogP contribution in [0.2, 0.25) is 0 Å². The monoisotopic (exact) mass is 315 g/mol. The predicted molar refractivity (Wildman–Crippen MR) is 78.8 cm³/mol. The lowest BCUT2D eigenvalue weighted by Gasteiger charge is -2.30. The van der Waals surface area contributed by atoms with Gasteiger partial charge < -0.3 is 26.2 Å². The van der Waals surface area contributed by atoms with Gasteiger partial charge in [-0.15, -0.1) is 0 Å². The number of amides is 2. The van der Waals surface area contributed by atoms with Crippen molar-refractivity contribution in [2.45, 2.75) is 51.2 Å². The zero-order valence-corrected chi connectivity index (χ0v) is 13.0. The summed E-state index contributed by atoms with van der Waals surface area (Å²) in [6.07, 6.45) is 1.68. The highest BCUT2D eigenvalue weighted by Crippen LogP contribution is 2.21. The number of carbonyl (C=O) groups is 3. The summed E-state index contributed by atoms with van der Waals surface area (Å²) in [4.78, 5) is 37.0. The van der Waals surface area contributed by atoms with Crippen molar-refractivity contribution < 1.29 is 24.6 Å². The summed E-state index contributed by atoms with van der Waals surface area (Å²) in [6, 6.07) is -2.79. The number of aliphatic carboxylic acids is 1. The zero-order chi connectivity index (χ0) is 16.9. The SMILES string of the molecule is CC[C@H](C)[C@H](NC(=O)[C@@H](N)CO)C(=O)N1CCC[C@@H]1C(=O)O. The van der Waals surface area contributed by atoms with Crippen LogP contribution in [0, 0.1) is 5.92 Å². The van der Waals surface area contributed by atoms with Crippen molar-refractivity contribution in [1.82, 2.24) is 10.2 Å². The van der Waals surface area contributed by atoms with E-state index in [9.17, 15) is 19.5 Å². The van der Waals surface area contributed by atoms with Crippen LogP contribution in [0.15, 0.2) is 0 Å². The van der Waals surface area contributed by atoms with E-state index < -0.39 is 42.5 Å². The molecule has 1 rings (SSSR count). The molecule has 8 heteroatoms. The third-order valence-electron chi connectivity index (χ3n) is 4.13. The van der Waals surface area contributed by atoms with E-state index in [-0.39, 0.29) is 5.92 Å². The Bertz CT molecular complexity index is 429. The quantitative estimate of drug-likeness (QED) is 0.472. The van der Waals surface area contributed by atoms with Gasteiger partial charge in [0.15, 0.2) is 0 Å². The Hall–Kier alpha value is -1.67. The lowest BCUT2D eigenvalue weighted by molar-refractivity contribution is -0.150. The zero-order valence-electron chi connectivity index (χ0n) is 13.0. The van der Waals surface area contributed by atoms with Gasteiger partial charge in [0.2, 0.25) is 11.8 Å². The molecule has 1 fully saturated rings. The van der Waals surface area contributed by atoms with Gasteiger partial charge in [-0.2, -0.15) is 0 Å². The van der Waals surface area contributed by atoms with Crippen LogP contribution >= 0.6 is 0 Å². The van der Waals surface area contributed by atoms with Crippen molar-refractivity contribution in [2.75, 3.05) is 13.2 Å². The number of aliphatic hydroxyl groups is 1. The summed E-state index contributed by atoms with van der Waals surface area (Å²) < 4.78 is 0. The number of likely N-dealkylation sites (tertiary alicyclic amines) is 1. The number of nitrogens with one attached hydrogen (secondary N) is 1. The molecule has 22 heavy (non-hydrogen) atoms. The molecule has 0 unspecified atom stereocenters. The predicted octanol–water partition coefficient (Wildman–Crippen LogP) is -1.09. The Morgan fingerprint density at radius 2 is 2.05 bits per heavy atom. The summed E-state index contributed by atoms with van der Waals surface area (Å²) >= 11 is 0. The molecule has 1 aliphatic rings. The number of hydrogen-bond acceptors (Lipinski definition) is 5. The van der Waals surface area contributed by atoms with Crippen molar-refractivity contribution in [2.24, 2.45) is 11.7 Å². The Morgan fingerprint density at radius 3 is 2.55 bits per heavy atom. The maximum Gasteiger partial charge on any atom is 0.326 e. The second-order valence-electron chi connectivity index (χ2n) is 5.69. The van der Waals surface area contributed by atoms with E-state index in [1.807, 2.05) is 6.92 Å². The molecule has 0 aromatic rings. The highest BCUT2D eigenvalue weighted by molar-refractivity contribution is 5.92. The Labute approximate surface area is 129 Å². The first kappa shape index (κ1) is 18.4. The Balaban J connectivity index is 2.89. The number of nitrogens with two attached hydrogens (primary N) is 1. The van der Waals surface area contributed by atoms with E-state index in [1.54, 1.807) is 6.92 Å². The summed E-state index contributed by atoms with van der Waals surface area (Å²) in [5, 5.41) is 20.7. The molecule has 126 valence electrons. The lowest BCUT2D eigenvalue weighted by Crippen LogP contribution is -2.57. The summed E-state index contributed by atoms with van der Waals surface area (Å²) in [7, 11) is 0. The number of carboxylic acid groups (broad SMARTS) is 1. The number of carboxylic acids is 1. The van der Waals surface area contributed by atoms with Crippen LogP contribution in [0.25, 0.3) is 0 Å². The molecule has 0 saturated carbocycles. The van der Waals surface area contributed by atoms with Crippen molar-refractivity contribution in [1.29, 1.82) is 0 Å². The maximum absolute atomic E-state index is 12.7. The minimum atomic E-state index is -1.10. The molecule has 0 aliphatic carbocycles. The van der Waals surface area contributed by atoms with Gasteiger partial charge in [-0.25, -0.2) is 4.79 Å². The normalized spacial score (nSPS) is 22.0. The van der Waals surface area contributed by atoms with Crippen LogP contribution in [-0.2, 0) is 14.4 Å². The molecule has 0 spiro atoms. The summed E-state index contributed by atoms with van der Waals surface area (Å²) in [5.74, 6) is -2.23. The highest BCUT2D eigenvalue weighted by atomic mass is 16.4. The van der Waals surface area contributed by atoms with Crippen molar-refractivity contribution in [3.63, 3.8) is 0 Å². The molecule has 4 atom stereocenters. The minimum absolute atomic E-state index is 0.169. The third-order valence-corrected chi connectivity index (χ3v) is 4.13. The van der Waals surface area contributed by atoms with Gasteiger partial charge in [-0.05, 0) is 18.8 Å².